The molecule has 3 aromatic rings. The highest BCUT2D eigenvalue weighted by molar-refractivity contribution is 5.95. The van der Waals surface area contributed by atoms with Crippen LogP contribution in [0.2, 0.25) is 0 Å². The number of methoxy groups -OCH3 is 1. The van der Waals surface area contributed by atoms with E-state index in [1.807, 2.05) is 0 Å². The highest BCUT2D eigenvalue weighted by atomic mass is 16.5. The number of hydrogen-bond acceptors (Lipinski definition) is 7. The number of piperidine rings is 1. The van der Waals surface area contributed by atoms with E-state index in [4.69, 9.17) is 26.0 Å². The highest BCUT2D eigenvalue weighted by Gasteiger charge is 2.30. The summed E-state index contributed by atoms with van der Waals surface area (Å²) < 4.78 is 12.0. The van der Waals surface area contributed by atoms with Crippen LogP contribution in [0.3, 0.4) is 0 Å². The molecule has 8 nitrogen and oxygen atoms in total. The molecule has 2 atom stereocenters. The number of likely N-dealkylation sites (tertiary alicyclic amines) is 1. The van der Waals surface area contributed by atoms with Crippen LogP contribution < -0.4 is 19.3 Å². The molecule has 2 saturated heterocycles. The summed E-state index contributed by atoms with van der Waals surface area (Å²) in [7, 11) is 3.89. The van der Waals surface area contributed by atoms with Gasteiger partial charge in [0, 0.05) is 54.3 Å². The number of anilines is 2. The van der Waals surface area contributed by atoms with Crippen molar-refractivity contribution in [2.45, 2.75) is 44.7 Å². The van der Waals surface area contributed by atoms with E-state index in [-0.39, 0.29) is 0 Å². The fraction of sp³-hybridized carbons (Fsp3) is 0.516. The minimum absolute atomic E-state index is 0.390. The van der Waals surface area contributed by atoms with Gasteiger partial charge in [0.15, 0.2) is 0 Å². The number of ether oxygens (including phenoxy) is 2. The zero-order valence-corrected chi connectivity index (χ0v) is 23.1. The Kier molecular flexibility index (Phi) is 7.43. The summed E-state index contributed by atoms with van der Waals surface area (Å²) in [5.41, 5.74) is 3.44. The van der Waals surface area contributed by atoms with Crippen LogP contribution in [0, 0.1) is 12.5 Å². The van der Waals surface area contributed by atoms with Gasteiger partial charge in [0.1, 0.15) is 18.2 Å². The quantitative estimate of drug-likeness (QED) is 0.410. The third-order valence-electron chi connectivity index (χ3n) is 8.66. The van der Waals surface area contributed by atoms with Crippen LogP contribution in [0.4, 0.5) is 11.5 Å². The standard InChI is InChI=1S/C31H38N6O2/c1-32-18-22-8-6-14-37(19-22)30-27-12-15-36(29-17-25(38-3)16-23-9-4-5-11-26(23)29)20-28(27)33-31(34-30)39-21-24-10-7-13-35(24)2/h4-5,9,11,16-17,22,24H,6-8,10,12-15,18-21H2,2-3H3/t22-,24-/m0/s1. The average molecular weight is 527 g/mol. The van der Waals surface area contributed by atoms with E-state index in [2.05, 4.69) is 63.0 Å². The summed E-state index contributed by atoms with van der Waals surface area (Å²) in [5.74, 6) is 2.27. The van der Waals surface area contributed by atoms with Crippen molar-refractivity contribution in [2.24, 2.45) is 5.92 Å². The van der Waals surface area contributed by atoms with Gasteiger partial charge in [-0.2, -0.15) is 9.97 Å². The maximum absolute atomic E-state index is 7.38. The Labute approximate surface area is 231 Å². The van der Waals surface area contributed by atoms with Crippen LogP contribution in [0.1, 0.15) is 36.9 Å². The van der Waals surface area contributed by atoms with E-state index in [0.29, 0.717) is 37.7 Å². The molecule has 4 heterocycles. The van der Waals surface area contributed by atoms with Crippen molar-refractivity contribution >= 4 is 22.3 Å². The summed E-state index contributed by atoms with van der Waals surface area (Å²) in [6.07, 6.45) is 5.42. The van der Waals surface area contributed by atoms with Gasteiger partial charge in [-0.15, -0.1) is 0 Å². The Morgan fingerprint density at radius 1 is 1.05 bits per heavy atom. The lowest BCUT2D eigenvalue weighted by molar-refractivity contribution is 0.187. The summed E-state index contributed by atoms with van der Waals surface area (Å²) in [5, 5.41) is 2.39. The third kappa shape index (κ3) is 5.33. The zero-order valence-electron chi connectivity index (χ0n) is 23.1. The predicted molar refractivity (Wildman–Crippen MR) is 155 cm³/mol. The van der Waals surface area contributed by atoms with Gasteiger partial charge < -0.3 is 29.0 Å². The van der Waals surface area contributed by atoms with Gasteiger partial charge in [-0.25, -0.2) is 6.57 Å². The summed E-state index contributed by atoms with van der Waals surface area (Å²) >= 11 is 0. The Morgan fingerprint density at radius 3 is 2.74 bits per heavy atom. The fourth-order valence-corrected chi connectivity index (χ4v) is 6.46. The zero-order chi connectivity index (χ0) is 26.8. The molecule has 204 valence electrons. The lowest BCUT2D eigenvalue weighted by Gasteiger charge is -2.36. The van der Waals surface area contributed by atoms with Crippen LogP contribution in [0.25, 0.3) is 15.6 Å². The van der Waals surface area contributed by atoms with Gasteiger partial charge in [-0.1, -0.05) is 24.3 Å². The molecule has 0 unspecified atom stereocenters. The van der Waals surface area contributed by atoms with E-state index >= 15 is 0 Å². The molecule has 0 bridgehead atoms. The molecular formula is C31H38N6O2. The molecule has 6 rings (SSSR count). The smallest absolute Gasteiger partial charge is 0.318 e. The minimum Gasteiger partial charge on any atom is -0.497 e. The van der Waals surface area contributed by atoms with E-state index in [1.54, 1.807) is 7.11 Å². The molecule has 0 saturated carbocycles. The van der Waals surface area contributed by atoms with Gasteiger partial charge in [0.05, 0.1) is 19.3 Å². The van der Waals surface area contributed by atoms with Crippen LogP contribution >= 0.6 is 0 Å². The van der Waals surface area contributed by atoms with Crippen molar-refractivity contribution in [1.82, 2.24) is 14.9 Å². The molecular weight excluding hydrogens is 488 g/mol. The van der Waals surface area contributed by atoms with Crippen LogP contribution in [0.5, 0.6) is 11.8 Å². The SMILES string of the molecule is [C-]#[N+]C[C@@H]1CCCN(c2nc(OC[C@@H]3CCCN3C)nc3c2CCN(c2cc(OC)cc4ccccc24)C3)C1. The predicted octanol–water partition coefficient (Wildman–Crippen LogP) is 4.81. The lowest BCUT2D eigenvalue weighted by atomic mass is 9.96. The molecule has 39 heavy (non-hydrogen) atoms. The molecule has 1 aromatic heterocycles. The maximum atomic E-state index is 7.38. The first-order valence-corrected chi connectivity index (χ1v) is 14.3. The van der Waals surface area contributed by atoms with Gasteiger partial charge in [-0.05, 0) is 57.1 Å². The first-order valence-electron chi connectivity index (χ1n) is 14.3. The van der Waals surface area contributed by atoms with E-state index < -0.39 is 0 Å². The second-order valence-corrected chi connectivity index (χ2v) is 11.2. The topological polar surface area (TPSA) is 58.3 Å². The molecule has 0 N–H and O–H groups in total. The van der Waals surface area contributed by atoms with E-state index in [9.17, 15) is 0 Å². The highest BCUT2D eigenvalue weighted by Crippen LogP contribution is 2.37. The minimum atomic E-state index is 0.390. The van der Waals surface area contributed by atoms with Crippen molar-refractivity contribution in [3.05, 3.63) is 59.1 Å². The van der Waals surface area contributed by atoms with Crippen molar-refractivity contribution in [1.29, 1.82) is 0 Å². The maximum Gasteiger partial charge on any atom is 0.318 e. The van der Waals surface area contributed by atoms with E-state index in [1.165, 1.54) is 28.4 Å². The first-order chi connectivity index (χ1) is 19.1. The number of rotatable bonds is 7. The van der Waals surface area contributed by atoms with Gasteiger partial charge in [-0.3, -0.25) is 0 Å². The van der Waals surface area contributed by atoms with Crippen molar-refractivity contribution in [2.75, 3.05) is 63.3 Å². The largest absolute Gasteiger partial charge is 0.497 e. The molecule has 3 aliphatic rings. The second-order valence-electron chi connectivity index (χ2n) is 11.2. The Balaban J connectivity index is 1.34. The summed E-state index contributed by atoms with van der Waals surface area (Å²) in [4.78, 5) is 20.9. The van der Waals surface area contributed by atoms with Gasteiger partial charge >= 0.3 is 6.01 Å². The number of aromatic nitrogens is 2. The van der Waals surface area contributed by atoms with Gasteiger partial charge in [0.25, 0.3) is 0 Å². The van der Waals surface area contributed by atoms with Crippen molar-refractivity contribution < 1.29 is 9.47 Å². The summed E-state index contributed by atoms with van der Waals surface area (Å²) in [6, 6.07) is 13.6. The number of nitrogens with zero attached hydrogens (tertiary/aromatic N) is 6. The van der Waals surface area contributed by atoms with Crippen molar-refractivity contribution in [3.63, 3.8) is 0 Å². The Hall–Kier alpha value is -3.57. The monoisotopic (exact) mass is 526 g/mol. The number of benzene rings is 2. The van der Waals surface area contributed by atoms with Crippen LogP contribution in [0.15, 0.2) is 36.4 Å². The number of fused-ring (bicyclic) bond motifs is 2. The lowest BCUT2D eigenvalue weighted by Crippen LogP contribution is -2.39. The molecule has 3 aliphatic heterocycles. The Morgan fingerprint density at radius 2 is 1.92 bits per heavy atom. The summed E-state index contributed by atoms with van der Waals surface area (Å²) in [6.45, 7) is 13.1. The number of likely N-dealkylation sites (N-methyl/N-ethyl adjacent to an activating group) is 1. The van der Waals surface area contributed by atoms with Crippen LogP contribution in [-0.4, -0.2) is 74.4 Å². The third-order valence-corrected chi connectivity index (χ3v) is 8.66. The molecule has 2 aromatic carbocycles. The molecule has 0 aliphatic carbocycles. The Bertz CT molecular complexity index is 1370. The van der Waals surface area contributed by atoms with Gasteiger partial charge in [0.2, 0.25) is 6.54 Å². The van der Waals surface area contributed by atoms with Crippen molar-refractivity contribution in [3.8, 4) is 11.8 Å². The fourth-order valence-electron chi connectivity index (χ4n) is 6.46. The molecule has 8 heteroatoms. The molecule has 2 fully saturated rings. The average Bonchev–Trinajstić information content (AvgIpc) is 3.39. The molecule has 0 spiro atoms. The first kappa shape index (κ1) is 25.7. The normalized spacial score (nSPS) is 21.6. The van der Waals surface area contributed by atoms with Crippen LogP contribution in [-0.2, 0) is 13.0 Å². The molecule has 0 radical (unpaired) electrons. The number of hydrogen-bond donors (Lipinski definition) is 0. The second kappa shape index (κ2) is 11.3. The molecule has 0 amide bonds. The van der Waals surface area contributed by atoms with E-state index in [0.717, 1.165) is 69.1 Å².